The van der Waals surface area contributed by atoms with Crippen LogP contribution in [0.25, 0.3) is 0 Å². The number of thiophene rings is 1. The zero-order valence-corrected chi connectivity index (χ0v) is 9.35. The van der Waals surface area contributed by atoms with E-state index in [0.29, 0.717) is 11.5 Å². The van der Waals surface area contributed by atoms with Gasteiger partial charge in [0.05, 0.1) is 12.2 Å². The van der Waals surface area contributed by atoms with E-state index in [2.05, 4.69) is 0 Å². The van der Waals surface area contributed by atoms with E-state index in [9.17, 15) is 4.79 Å². The van der Waals surface area contributed by atoms with E-state index in [0.717, 1.165) is 4.88 Å². The predicted octanol–water partition coefficient (Wildman–Crippen LogP) is 2.76. The van der Waals surface area contributed by atoms with Crippen molar-refractivity contribution in [1.82, 2.24) is 0 Å². The highest BCUT2D eigenvalue weighted by molar-refractivity contribution is 7.13. The molecule has 0 bridgehead atoms. The fourth-order valence-corrected chi connectivity index (χ4v) is 1.62. The minimum Gasteiger partial charge on any atom is -0.477 e. The molecule has 1 rings (SSSR count). The number of hydrogen-bond donors (Lipinski definition) is 1. The summed E-state index contributed by atoms with van der Waals surface area (Å²) in [6.07, 6.45) is 0. The van der Waals surface area contributed by atoms with Gasteiger partial charge in [-0.15, -0.1) is 11.3 Å². The normalized spacial score (nSPS) is 11.6. The third-order valence-corrected chi connectivity index (χ3v) is 2.57. The van der Waals surface area contributed by atoms with E-state index >= 15 is 0 Å². The number of aromatic carboxylic acids is 1. The van der Waals surface area contributed by atoms with Crippen LogP contribution in [0.4, 0.5) is 0 Å². The molecule has 1 aromatic rings. The van der Waals surface area contributed by atoms with Gasteiger partial charge in [-0.2, -0.15) is 0 Å². The van der Waals surface area contributed by atoms with Gasteiger partial charge < -0.3 is 9.84 Å². The van der Waals surface area contributed by atoms with Gasteiger partial charge in [0.1, 0.15) is 4.88 Å². The smallest absolute Gasteiger partial charge is 0.345 e. The van der Waals surface area contributed by atoms with Gasteiger partial charge in [0.25, 0.3) is 0 Å². The summed E-state index contributed by atoms with van der Waals surface area (Å²) in [5.74, 6) is -0.878. The summed E-state index contributed by atoms with van der Waals surface area (Å²) in [7, 11) is 0. The van der Waals surface area contributed by atoms with Crippen molar-refractivity contribution in [3.63, 3.8) is 0 Å². The average molecular weight is 214 g/mol. The molecule has 0 unspecified atom stereocenters. The van der Waals surface area contributed by atoms with Crippen molar-refractivity contribution in [3.8, 4) is 0 Å². The summed E-state index contributed by atoms with van der Waals surface area (Å²) < 4.78 is 5.53. The van der Waals surface area contributed by atoms with Crippen LogP contribution < -0.4 is 0 Å². The van der Waals surface area contributed by atoms with Crippen LogP contribution in [0.1, 0.15) is 35.3 Å². The third-order valence-electron chi connectivity index (χ3n) is 1.52. The molecule has 14 heavy (non-hydrogen) atoms. The number of carbonyl (C=O) groups is 1. The highest BCUT2D eigenvalue weighted by atomic mass is 32.1. The second-order valence-electron chi connectivity index (χ2n) is 3.97. The maximum atomic E-state index is 10.6. The van der Waals surface area contributed by atoms with Crippen molar-refractivity contribution in [3.05, 3.63) is 21.9 Å². The Kier molecular flexibility index (Phi) is 3.29. The van der Waals surface area contributed by atoms with Crippen LogP contribution in [-0.2, 0) is 11.3 Å². The summed E-state index contributed by atoms with van der Waals surface area (Å²) in [4.78, 5) is 11.9. The Hall–Kier alpha value is -0.870. The highest BCUT2D eigenvalue weighted by Crippen LogP contribution is 2.19. The van der Waals surface area contributed by atoms with Gasteiger partial charge in [-0.05, 0) is 32.9 Å². The van der Waals surface area contributed by atoms with Crippen molar-refractivity contribution >= 4 is 17.3 Å². The van der Waals surface area contributed by atoms with Crippen LogP contribution in [0.2, 0.25) is 0 Å². The van der Waals surface area contributed by atoms with E-state index in [1.807, 2.05) is 20.8 Å². The lowest BCUT2D eigenvalue weighted by molar-refractivity contribution is -0.0136. The van der Waals surface area contributed by atoms with E-state index in [1.165, 1.54) is 11.3 Å². The van der Waals surface area contributed by atoms with Gasteiger partial charge in [-0.3, -0.25) is 0 Å². The van der Waals surface area contributed by atoms with Gasteiger partial charge in [0.15, 0.2) is 0 Å². The number of hydrogen-bond acceptors (Lipinski definition) is 3. The highest BCUT2D eigenvalue weighted by Gasteiger charge is 2.12. The molecule has 0 aliphatic heterocycles. The van der Waals surface area contributed by atoms with E-state index in [-0.39, 0.29) is 5.60 Å². The van der Waals surface area contributed by atoms with Crippen molar-refractivity contribution in [2.75, 3.05) is 0 Å². The Bertz CT molecular complexity index is 322. The van der Waals surface area contributed by atoms with Crippen LogP contribution in [0.15, 0.2) is 12.1 Å². The average Bonchev–Trinajstić information content (AvgIpc) is 2.47. The first kappa shape index (κ1) is 11.2. The van der Waals surface area contributed by atoms with Gasteiger partial charge in [-0.1, -0.05) is 0 Å². The first-order valence-corrected chi connectivity index (χ1v) is 5.16. The molecule has 1 heterocycles. The second-order valence-corrected chi connectivity index (χ2v) is 5.14. The van der Waals surface area contributed by atoms with Crippen molar-refractivity contribution in [2.45, 2.75) is 33.0 Å². The molecule has 0 amide bonds. The maximum absolute atomic E-state index is 10.6. The number of rotatable bonds is 3. The van der Waals surface area contributed by atoms with E-state index < -0.39 is 5.97 Å². The van der Waals surface area contributed by atoms with Crippen LogP contribution in [0, 0.1) is 0 Å². The molecule has 0 atom stereocenters. The standard InChI is InChI=1S/C10H14O3S/c1-10(2,3)13-6-7-4-5-8(14-7)9(11)12/h4-5H,6H2,1-3H3,(H,11,12). The van der Waals surface area contributed by atoms with Crippen LogP contribution >= 0.6 is 11.3 Å². The Morgan fingerprint density at radius 1 is 1.50 bits per heavy atom. The Morgan fingerprint density at radius 2 is 2.14 bits per heavy atom. The quantitative estimate of drug-likeness (QED) is 0.841. The Morgan fingerprint density at radius 3 is 2.57 bits per heavy atom. The lowest BCUT2D eigenvalue weighted by Gasteiger charge is -2.18. The topological polar surface area (TPSA) is 46.5 Å². The van der Waals surface area contributed by atoms with Gasteiger partial charge in [0, 0.05) is 4.88 Å². The molecule has 3 nitrogen and oxygen atoms in total. The lowest BCUT2D eigenvalue weighted by Crippen LogP contribution is -2.18. The molecule has 0 aromatic carbocycles. The SMILES string of the molecule is CC(C)(C)OCc1ccc(C(=O)O)s1. The molecule has 0 spiro atoms. The molecule has 78 valence electrons. The number of carboxylic acids is 1. The predicted molar refractivity (Wildman–Crippen MR) is 55.8 cm³/mol. The van der Waals surface area contributed by atoms with Crippen LogP contribution in [-0.4, -0.2) is 16.7 Å². The largest absolute Gasteiger partial charge is 0.477 e. The van der Waals surface area contributed by atoms with Gasteiger partial charge >= 0.3 is 5.97 Å². The second kappa shape index (κ2) is 4.11. The molecule has 4 heteroatoms. The summed E-state index contributed by atoms with van der Waals surface area (Å²) >= 11 is 1.26. The minimum absolute atomic E-state index is 0.187. The first-order valence-electron chi connectivity index (χ1n) is 4.34. The molecule has 1 aromatic heterocycles. The summed E-state index contributed by atoms with van der Waals surface area (Å²) in [6, 6.07) is 3.40. The molecule has 0 aliphatic rings. The monoisotopic (exact) mass is 214 g/mol. The van der Waals surface area contributed by atoms with Crippen molar-refractivity contribution in [1.29, 1.82) is 0 Å². The molecule has 0 fully saturated rings. The molecular weight excluding hydrogens is 200 g/mol. The Balaban J connectivity index is 2.56. The van der Waals surface area contributed by atoms with E-state index in [4.69, 9.17) is 9.84 Å². The first-order chi connectivity index (χ1) is 6.38. The molecule has 0 saturated carbocycles. The molecule has 1 N–H and O–H groups in total. The fraction of sp³-hybridized carbons (Fsp3) is 0.500. The van der Waals surface area contributed by atoms with Gasteiger partial charge in [-0.25, -0.2) is 4.79 Å². The third kappa shape index (κ3) is 3.47. The molecule has 0 saturated heterocycles. The summed E-state index contributed by atoms with van der Waals surface area (Å²) in [5, 5.41) is 8.70. The minimum atomic E-state index is -0.878. The summed E-state index contributed by atoms with van der Waals surface area (Å²) in [5.41, 5.74) is -0.187. The molecular formula is C10H14O3S. The van der Waals surface area contributed by atoms with Crippen molar-refractivity contribution < 1.29 is 14.6 Å². The van der Waals surface area contributed by atoms with Crippen LogP contribution in [0.3, 0.4) is 0 Å². The number of carboxylic acid groups (broad SMARTS) is 1. The number of ether oxygens (including phenoxy) is 1. The summed E-state index contributed by atoms with van der Waals surface area (Å²) in [6.45, 7) is 6.39. The molecule has 0 aliphatic carbocycles. The van der Waals surface area contributed by atoms with E-state index in [1.54, 1.807) is 12.1 Å². The fourth-order valence-electron chi connectivity index (χ4n) is 0.858. The lowest BCUT2D eigenvalue weighted by atomic mass is 10.2. The Labute approximate surface area is 87.3 Å². The zero-order chi connectivity index (χ0) is 10.8. The van der Waals surface area contributed by atoms with Crippen molar-refractivity contribution in [2.24, 2.45) is 0 Å². The van der Waals surface area contributed by atoms with Crippen LogP contribution in [0.5, 0.6) is 0 Å². The maximum Gasteiger partial charge on any atom is 0.345 e. The molecule has 0 radical (unpaired) electrons. The van der Waals surface area contributed by atoms with Gasteiger partial charge in [0.2, 0.25) is 0 Å². The zero-order valence-electron chi connectivity index (χ0n) is 8.53.